The first-order valence-corrected chi connectivity index (χ1v) is 7.11. The maximum Gasteiger partial charge on any atom is 0.331 e. The molecule has 1 N–H and O–H groups in total. The average Bonchev–Trinajstić information content (AvgIpc) is 3.10. The Hall–Kier alpha value is -1.89. The summed E-state index contributed by atoms with van der Waals surface area (Å²) >= 11 is 0. The lowest BCUT2D eigenvalue weighted by molar-refractivity contribution is -0.147. The van der Waals surface area contributed by atoms with Gasteiger partial charge in [-0.1, -0.05) is 12.1 Å². The smallest absolute Gasteiger partial charge is 0.331 e. The lowest BCUT2D eigenvalue weighted by atomic mass is 10.1. The number of aliphatic hydroxyl groups excluding tert-OH is 1. The number of benzene rings is 1. The van der Waals surface area contributed by atoms with Gasteiger partial charge >= 0.3 is 5.97 Å². The molecule has 1 aromatic carbocycles. The number of hydrogen-bond acceptors (Lipinski definition) is 6. The van der Waals surface area contributed by atoms with Crippen LogP contribution in [0.1, 0.15) is 5.56 Å². The van der Waals surface area contributed by atoms with Gasteiger partial charge in [0.15, 0.2) is 6.10 Å². The van der Waals surface area contributed by atoms with Gasteiger partial charge in [-0.3, -0.25) is 0 Å². The standard InChI is InChI=1S/C16H18O6/c1-19-11-5-2-10(3-6-11)4-7-14(18)22-13-9-21-15-12(17)8-20-16(13)15/h2-7,12-13,15-17H,8-9H2,1H3/t12-,13-,15?,16?/m1/s1. The van der Waals surface area contributed by atoms with Crippen molar-refractivity contribution in [3.05, 3.63) is 35.9 Å². The lowest BCUT2D eigenvalue weighted by Gasteiger charge is -2.15. The molecule has 0 bridgehead atoms. The summed E-state index contributed by atoms with van der Waals surface area (Å²) in [5.41, 5.74) is 0.867. The Morgan fingerprint density at radius 2 is 1.95 bits per heavy atom. The van der Waals surface area contributed by atoms with Gasteiger partial charge in [-0.25, -0.2) is 4.79 Å². The average molecular weight is 306 g/mol. The second-order valence-electron chi connectivity index (χ2n) is 5.25. The van der Waals surface area contributed by atoms with Crippen molar-refractivity contribution in [1.29, 1.82) is 0 Å². The molecule has 4 atom stereocenters. The topological polar surface area (TPSA) is 74.2 Å². The Kier molecular flexibility index (Phi) is 4.42. The highest BCUT2D eigenvalue weighted by Crippen LogP contribution is 2.28. The van der Waals surface area contributed by atoms with Gasteiger partial charge in [-0.2, -0.15) is 0 Å². The van der Waals surface area contributed by atoms with E-state index in [1.165, 1.54) is 6.08 Å². The van der Waals surface area contributed by atoms with Crippen molar-refractivity contribution in [3.8, 4) is 5.75 Å². The van der Waals surface area contributed by atoms with Crippen LogP contribution in [0.2, 0.25) is 0 Å². The number of rotatable bonds is 4. The van der Waals surface area contributed by atoms with Gasteiger partial charge in [0.1, 0.15) is 24.1 Å². The highest BCUT2D eigenvalue weighted by molar-refractivity contribution is 5.87. The normalized spacial score (nSPS) is 30.5. The monoisotopic (exact) mass is 306 g/mol. The minimum Gasteiger partial charge on any atom is -0.497 e. The number of esters is 1. The highest BCUT2D eigenvalue weighted by Gasteiger charge is 2.48. The summed E-state index contributed by atoms with van der Waals surface area (Å²) in [6.07, 6.45) is 1.12. The van der Waals surface area contributed by atoms with Crippen LogP contribution >= 0.6 is 0 Å². The van der Waals surface area contributed by atoms with Crippen LogP contribution < -0.4 is 4.74 Å². The number of carbonyl (C=O) groups is 1. The van der Waals surface area contributed by atoms with Crippen molar-refractivity contribution < 1.29 is 28.8 Å². The van der Waals surface area contributed by atoms with Crippen LogP contribution in [0, 0.1) is 0 Å². The number of hydrogen-bond donors (Lipinski definition) is 1. The number of methoxy groups -OCH3 is 1. The fourth-order valence-corrected chi connectivity index (χ4v) is 2.61. The molecule has 6 heteroatoms. The molecule has 1 aromatic rings. The van der Waals surface area contributed by atoms with Crippen LogP contribution in [0.4, 0.5) is 0 Å². The zero-order chi connectivity index (χ0) is 15.5. The quantitative estimate of drug-likeness (QED) is 0.654. The summed E-state index contributed by atoms with van der Waals surface area (Å²) in [5, 5.41) is 9.63. The third kappa shape index (κ3) is 3.14. The summed E-state index contributed by atoms with van der Waals surface area (Å²) in [4.78, 5) is 11.9. The van der Waals surface area contributed by atoms with E-state index in [-0.39, 0.29) is 19.3 Å². The number of aliphatic hydroxyl groups is 1. The molecule has 0 amide bonds. The van der Waals surface area contributed by atoms with Crippen molar-refractivity contribution in [3.63, 3.8) is 0 Å². The van der Waals surface area contributed by atoms with Crippen molar-refractivity contribution in [2.24, 2.45) is 0 Å². The number of ether oxygens (including phenoxy) is 4. The highest BCUT2D eigenvalue weighted by atomic mass is 16.6. The summed E-state index contributed by atoms with van der Waals surface area (Å²) < 4.78 is 21.2. The van der Waals surface area contributed by atoms with E-state index in [0.717, 1.165) is 11.3 Å². The first-order valence-electron chi connectivity index (χ1n) is 7.11. The summed E-state index contributed by atoms with van der Waals surface area (Å²) in [6.45, 7) is 0.458. The van der Waals surface area contributed by atoms with Crippen LogP contribution in [0.5, 0.6) is 5.75 Å². The third-order valence-corrected chi connectivity index (χ3v) is 3.78. The molecule has 0 aliphatic carbocycles. The zero-order valence-corrected chi connectivity index (χ0v) is 12.2. The Balaban J connectivity index is 1.55. The summed E-state index contributed by atoms with van der Waals surface area (Å²) in [6, 6.07) is 7.31. The van der Waals surface area contributed by atoms with Gasteiger partial charge < -0.3 is 24.1 Å². The zero-order valence-electron chi connectivity index (χ0n) is 12.2. The van der Waals surface area contributed by atoms with Gasteiger partial charge in [0.05, 0.1) is 20.3 Å². The molecule has 0 saturated carbocycles. The van der Waals surface area contributed by atoms with E-state index in [4.69, 9.17) is 18.9 Å². The predicted octanol–water partition coefficient (Wildman–Crippen LogP) is 0.779. The molecule has 2 fully saturated rings. The molecule has 0 radical (unpaired) electrons. The largest absolute Gasteiger partial charge is 0.497 e. The third-order valence-electron chi connectivity index (χ3n) is 3.78. The fourth-order valence-electron chi connectivity index (χ4n) is 2.61. The molecule has 22 heavy (non-hydrogen) atoms. The lowest BCUT2D eigenvalue weighted by Crippen LogP contribution is -2.33. The van der Waals surface area contributed by atoms with Gasteiger partial charge in [0.2, 0.25) is 0 Å². The van der Waals surface area contributed by atoms with Crippen molar-refractivity contribution in [2.75, 3.05) is 20.3 Å². The van der Waals surface area contributed by atoms with Gasteiger partial charge in [-0.15, -0.1) is 0 Å². The summed E-state index contributed by atoms with van der Waals surface area (Å²) in [5.74, 6) is 0.292. The van der Waals surface area contributed by atoms with Crippen LogP contribution in [0.15, 0.2) is 30.3 Å². The van der Waals surface area contributed by atoms with Gasteiger partial charge in [0, 0.05) is 6.08 Å². The number of fused-ring (bicyclic) bond motifs is 1. The first-order chi connectivity index (χ1) is 10.7. The van der Waals surface area contributed by atoms with Crippen LogP contribution in [-0.2, 0) is 19.0 Å². The molecule has 2 aliphatic rings. The Morgan fingerprint density at radius 1 is 1.23 bits per heavy atom. The van der Waals surface area contributed by atoms with Crippen LogP contribution in [0.3, 0.4) is 0 Å². The van der Waals surface area contributed by atoms with Crippen molar-refractivity contribution >= 4 is 12.0 Å². The summed E-state index contributed by atoms with van der Waals surface area (Å²) in [7, 11) is 1.60. The van der Waals surface area contributed by atoms with Crippen LogP contribution in [0.25, 0.3) is 6.08 Å². The van der Waals surface area contributed by atoms with Crippen LogP contribution in [-0.4, -0.2) is 55.8 Å². The minimum atomic E-state index is -0.649. The van der Waals surface area contributed by atoms with E-state index in [0.29, 0.717) is 0 Å². The molecular weight excluding hydrogens is 288 g/mol. The SMILES string of the molecule is COc1ccc(C=CC(=O)O[C@@H]2COC3C2OC[C@H]3O)cc1. The first kappa shape index (κ1) is 15.0. The number of carbonyl (C=O) groups excluding carboxylic acids is 1. The molecule has 2 unspecified atom stereocenters. The molecule has 0 aromatic heterocycles. The molecule has 0 spiro atoms. The van der Waals surface area contributed by atoms with Crippen molar-refractivity contribution in [2.45, 2.75) is 24.4 Å². The second kappa shape index (κ2) is 6.48. The maximum absolute atomic E-state index is 11.9. The Morgan fingerprint density at radius 3 is 2.68 bits per heavy atom. The van der Waals surface area contributed by atoms with E-state index in [2.05, 4.69) is 0 Å². The molecular formula is C16H18O6. The minimum absolute atomic E-state index is 0.213. The molecule has 3 rings (SSSR count). The molecule has 2 saturated heterocycles. The van der Waals surface area contributed by atoms with Gasteiger partial charge in [0.25, 0.3) is 0 Å². The predicted molar refractivity (Wildman–Crippen MR) is 77.4 cm³/mol. The molecule has 6 nitrogen and oxygen atoms in total. The van der Waals surface area contributed by atoms with Gasteiger partial charge in [-0.05, 0) is 23.8 Å². The van der Waals surface area contributed by atoms with E-state index in [1.54, 1.807) is 13.2 Å². The Labute approximate surface area is 128 Å². The van der Waals surface area contributed by atoms with E-state index < -0.39 is 24.3 Å². The molecule has 2 aliphatic heterocycles. The van der Waals surface area contributed by atoms with Crippen molar-refractivity contribution in [1.82, 2.24) is 0 Å². The molecule has 118 valence electrons. The maximum atomic E-state index is 11.9. The molecule has 2 heterocycles. The fraction of sp³-hybridized carbons (Fsp3) is 0.438. The second-order valence-corrected chi connectivity index (χ2v) is 5.25. The van der Waals surface area contributed by atoms with E-state index in [9.17, 15) is 9.90 Å². The Bertz CT molecular complexity index is 552. The van der Waals surface area contributed by atoms with E-state index in [1.807, 2.05) is 24.3 Å². The van der Waals surface area contributed by atoms with E-state index >= 15 is 0 Å².